The molecule has 0 N–H and O–H groups in total. The van der Waals surface area contributed by atoms with E-state index in [1.165, 1.54) is 12.0 Å². The Morgan fingerprint density at radius 3 is 2.73 bits per heavy atom. The van der Waals surface area contributed by atoms with Crippen molar-refractivity contribution in [1.29, 1.82) is 0 Å². The molecule has 1 aromatic carbocycles. The highest BCUT2D eigenvalue weighted by atomic mass is 35.5. The van der Waals surface area contributed by atoms with Gasteiger partial charge in [-0.1, -0.05) is 19.1 Å². The summed E-state index contributed by atoms with van der Waals surface area (Å²) in [5.74, 6) is 2.11. The molecule has 82 valence electrons. The minimum absolute atomic E-state index is 0.334. The van der Waals surface area contributed by atoms with E-state index in [2.05, 4.69) is 25.1 Å². The SMILES string of the molecule is COc1cccc(C2CCC(Cl)C2C)c1. The molecule has 0 spiro atoms. The van der Waals surface area contributed by atoms with Crippen LogP contribution < -0.4 is 4.74 Å². The molecule has 0 saturated heterocycles. The topological polar surface area (TPSA) is 9.23 Å². The van der Waals surface area contributed by atoms with E-state index >= 15 is 0 Å². The van der Waals surface area contributed by atoms with Crippen molar-refractivity contribution in [2.45, 2.75) is 31.1 Å². The molecule has 1 saturated carbocycles. The number of ether oxygens (including phenoxy) is 1. The van der Waals surface area contributed by atoms with E-state index < -0.39 is 0 Å². The van der Waals surface area contributed by atoms with Crippen LogP contribution in [0.2, 0.25) is 0 Å². The van der Waals surface area contributed by atoms with Crippen LogP contribution in [0.5, 0.6) is 5.75 Å². The van der Waals surface area contributed by atoms with E-state index in [0.717, 1.165) is 12.2 Å². The first-order valence-corrected chi connectivity index (χ1v) is 5.94. The van der Waals surface area contributed by atoms with Gasteiger partial charge in [0.2, 0.25) is 0 Å². The van der Waals surface area contributed by atoms with Crippen molar-refractivity contribution in [3.8, 4) is 5.75 Å². The van der Waals surface area contributed by atoms with Crippen molar-refractivity contribution < 1.29 is 4.74 Å². The molecule has 0 amide bonds. The molecule has 1 aromatic rings. The van der Waals surface area contributed by atoms with Crippen LogP contribution in [-0.2, 0) is 0 Å². The molecule has 0 heterocycles. The average molecular weight is 225 g/mol. The molecule has 15 heavy (non-hydrogen) atoms. The van der Waals surface area contributed by atoms with Crippen molar-refractivity contribution in [2.75, 3.05) is 7.11 Å². The molecule has 0 aliphatic heterocycles. The zero-order valence-electron chi connectivity index (χ0n) is 9.24. The summed E-state index contributed by atoms with van der Waals surface area (Å²) in [6.07, 6.45) is 2.33. The summed E-state index contributed by atoms with van der Waals surface area (Å²) in [6.45, 7) is 2.24. The second kappa shape index (κ2) is 4.44. The van der Waals surface area contributed by atoms with Crippen LogP contribution >= 0.6 is 11.6 Å². The molecule has 1 fully saturated rings. The van der Waals surface area contributed by atoms with Crippen molar-refractivity contribution in [2.24, 2.45) is 5.92 Å². The largest absolute Gasteiger partial charge is 0.497 e. The molecular formula is C13H17ClO. The number of halogens is 1. The lowest BCUT2D eigenvalue weighted by Gasteiger charge is -2.18. The number of benzene rings is 1. The fourth-order valence-corrected chi connectivity index (χ4v) is 2.76. The summed E-state index contributed by atoms with van der Waals surface area (Å²) in [6, 6.07) is 8.36. The van der Waals surface area contributed by atoms with Gasteiger partial charge in [-0.3, -0.25) is 0 Å². The third kappa shape index (κ3) is 2.12. The zero-order chi connectivity index (χ0) is 10.8. The van der Waals surface area contributed by atoms with E-state index in [9.17, 15) is 0 Å². The summed E-state index contributed by atoms with van der Waals surface area (Å²) < 4.78 is 5.24. The Kier molecular flexibility index (Phi) is 3.20. The highest BCUT2D eigenvalue weighted by Crippen LogP contribution is 2.42. The van der Waals surface area contributed by atoms with Gasteiger partial charge in [-0.25, -0.2) is 0 Å². The van der Waals surface area contributed by atoms with Crippen LogP contribution in [0.3, 0.4) is 0 Å². The quantitative estimate of drug-likeness (QED) is 0.694. The van der Waals surface area contributed by atoms with Gasteiger partial charge in [-0.2, -0.15) is 0 Å². The van der Waals surface area contributed by atoms with Crippen molar-refractivity contribution in [3.05, 3.63) is 29.8 Å². The minimum atomic E-state index is 0.334. The maximum Gasteiger partial charge on any atom is 0.119 e. The first kappa shape index (κ1) is 10.8. The Morgan fingerprint density at radius 2 is 2.13 bits per heavy atom. The van der Waals surface area contributed by atoms with Crippen LogP contribution in [-0.4, -0.2) is 12.5 Å². The normalized spacial score (nSPS) is 30.5. The Hall–Kier alpha value is -0.690. The van der Waals surface area contributed by atoms with Gasteiger partial charge < -0.3 is 4.74 Å². The predicted molar refractivity (Wildman–Crippen MR) is 63.8 cm³/mol. The number of hydrogen-bond donors (Lipinski definition) is 0. The van der Waals surface area contributed by atoms with Crippen LogP contribution in [0.4, 0.5) is 0 Å². The molecule has 1 aliphatic carbocycles. The van der Waals surface area contributed by atoms with Gasteiger partial charge in [0.1, 0.15) is 5.75 Å². The number of alkyl halides is 1. The number of hydrogen-bond acceptors (Lipinski definition) is 1. The predicted octanol–water partition coefficient (Wildman–Crippen LogP) is 3.82. The van der Waals surface area contributed by atoms with Crippen LogP contribution in [0.25, 0.3) is 0 Å². The summed E-state index contributed by atoms with van der Waals surface area (Å²) >= 11 is 6.25. The average Bonchev–Trinajstić information content (AvgIpc) is 2.60. The molecule has 1 aliphatic rings. The molecule has 1 nitrogen and oxygen atoms in total. The fraction of sp³-hybridized carbons (Fsp3) is 0.538. The lowest BCUT2D eigenvalue weighted by atomic mass is 9.90. The van der Waals surface area contributed by atoms with Gasteiger partial charge in [0.25, 0.3) is 0 Å². The lowest BCUT2D eigenvalue weighted by Crippen LogP contribution is -2.09. The molecule has 2 rings (SSSR count). The van der Waals surface area contributed by atoms with Crippen molar-refractivity contribution >= 4 is 11.6 Å². The van der Waals surface area contributed by atoms with Gasteiger partial charge >= 0.3 is 0 Å². The Morgan fingerprint density at radius 1 is 1.33 bits per heavy atom. The Balaban J connectivity index is 2.22. The van der Waals surface area contributed by atoms with Crippen molar-refractivity contribution in [3.63, 3.8) is 0 Å². The second-order valence-electron chi connectivity index (χ2n) is 4.34. The summed E-state index contributed by atoms with van der Waals surface area (Å²) in [5.41, 5.74) is 1.37. The second-order valence-corrected chi connectivity index (χ2v) is 4.90. The van der Waals surface area contributed by atoms with E-state index in [0.29, 0.717) is 17.2 Å². The molecular weight excluding hydrogens is 208 g/mol. The van der Waals surface area contributed by atoms with Gasteiger partial charge in [0, 0.05) is 5.38 Å². The molecule has 0 bridgehead atoms. The maximum atomic E-state index is 6.25. The third-order valence-corrected chi connectivity index (χ3v) is 4.10. The summed E-state index contributed by atoms with van der Waals surface area (Å²) in [4.78, 5) is 0. The molecule has 3 unspecified atom stereocenters. The molecule has 3 atom stereocenters. The maximum absolute atomic E-state index is 6.25. The zero-order valence-corrected chi connectivity index (χ0v) is 10.00. The van der Waals surface area contributed by atoms with Gasteiger partial charge in [-0.05, 0) is 42.4 Å². The van der Waals surface area contributed by atoms with Gasteiger partial charge in [0.05, 0.1) is 7.11 Å². The molecule has 0 aromatic heterocycles. The standard InChI is InChI=1S/C13H17ClO/c1-9-12(6-7-13(9)14)10-4-3-5-11(8-10)15-2/h3-5,8-9,12-13H,6-7H2,1-2H3. The molecule has 2 heteroatoms. The first-order valence-electron chi connectivity index (χ1n) is 5.50. The third-order valence-electron chi connectivity index (χ3n) is 3.48. The van der Waals surface area contributed by atoms with Crippen LogP contribution in [0.1, 0.15) is 31.2 Å². The summed E-state index contributed by atoms with van der Waals surface area (Å²) in [5, 5.41) is 0.334. The smallest absolute Gasteiger partial charge is 0.119 e. The van der Waals surface area contributed by atoms with E-state index in [-0.39, 0.29) is 0 Å². The lowest BCUT2D eigenvalue weighted by molar-refractivity contribution is 0.413. The van der Waals surface area contributed by atoms with Crippen LogP contribution in [0, 0.1) is 5.92 Å². The monoisotopic (exact) mass is 224 g/mol. The Bertz CT molecular complexity index is 337. The highest BCUT2D eigenvalue weighted by Gasteiger charge is 2.32. The summed E-state index contributed by atoms with van der Waals surface area (Å²) in [7, 11) is 1.71. The molecule has 0 radical (unpaired) electrons. The van der Waals surface area contributed by atoms with E-state index in [1.807, 2.05) is 6.07 Å². The van der Waals surface area contributed by atoms with E-state index in [1.54, 1.807) is 7.11 Å². The first-order chi connectivity index (χ1) is 7.22. The highest BCUT2D eigenvalue weighted by molar-refractivity contribution is 6.21. The Labute approximate surface area is 96.4 Å². The van der Waals surface area contributed by atoms with Crippen LogP contribution in [0.15, 0.2) is 24.3 Å². The number of rotatable bonds is 2. The van der Waals surface area contributed by atoms with E-state index in [4.69, 9.17) is 16.3 Å². The van der Waals surface area contributed by atoms with Crippen molar-refractivity contribution in [1.82, 2.24) is 0 Å². The van der Waals surface area contributed by atoms with Gasteiger partial charge in [-0.15, -0.1) is 11.6 Å². The fourth-order valence-electron chi connectivity index (χ4n) is 2.46. The number of methoxy groups -OCH3 is 1. The minimum Gasteiger partial charge on any atom is -0.497 e. The van der Waals surface area contributed by atoms with Gasteiger partial charge in [0.15, 0.2) is 0 Å².